The maximum Gasteiger partial charge on any atom is 0.243 e. The van der Waals surface area contributed by atoms with Crippen molar-refractivity contribution in [2.75, 3.05) is 18.4 Å². The molecule has 7 nitrogen and oxygen atoms in total. The zero-order chi connectivity index (χ0) is 21.7. The van der Waals surface area contributed by atoms with Crippen LogP contribution in [0.3, 0.4) is 0 Å². The smallest absolute Gasteiger partial charge is 0.243 e. The van der Waals surface area contributed by atoms with E-state index in [1.807, 2.05) is 18.2 Å². The Kier molecular flexibility index (Phi) is 7.01. The van der Waals surface area contributed by atoms with Crippen LogP contribution in [-0.2, 0) is 20.6 Å². The summed E-state index contributed by atoms with van der Waals surface area (Å²) in [5.41, 5.74) is 1.19. The van der Waals surface area contributed by atoms with E-state index in [0.717, 1.165) is 10.1 Å². The van der Waals surface area contributed by atoms with Crippen LogP contribution in [0.5, 0.6) is 0 Å². The number of amides is 1. The van der Waals surface area contributed by atoms with Gasteiger partial charge in [-0.25, -0.2) is 8.42 Å². The van der Waals surface area contributed by atoms with Gasteiger partial charge in [0.25, 0.3) is 0 Å². The molecule has 3 aromatic rings. The molecule has 0 spiro atoms. The summed E-state index contributed by atoms with van der Waals surface area (Å²) < 4.78 is 27.9. The molecule has 2 aromatic carbocycles. The fourth-order valence-corrected chi connectivity index (χ4v) is 6.62. The number of carbonyl (C=O) groups is 1. The van der Waals surface area contributed by atoms with E-state index in [2.05, 4.69) is 27.6 Å². The fraction of sp³-hybridized carbons (Fsp3) is 0.286. The number of rotatable bonds is 7. The maximum atomic E-state index is 12.9. The van der Waals surface area contributed by atoms with E-state index >= 15 is 0 Å². The zero-order valence-corrected chi connectivity index (χ0v) is 19.1. The van der Waals surface area contributed by atoms with Crippen molar-refractivity contribution in [2.24, 2.45) is 5.92 Å². The number of benzene rings is 2. The minimum Gasteiger partial charge on any atom is -0.300 e. The molecule has 1 amide bonds. The Hall–Kier alpha value is -2.27. The van der Waals surface area contributed by atoms with Crippen molar-refractivity contribution >= 4 is 44.2 Å². The first-order valence-corrected chi connectivity index (χ1v) is 13.1. The molecule has 1 saturated heterocycles. The molecule has 1 atom stereocenters. The predicted octanol–water partition coefficient (Wildman–Crippen LogP) is 3.87. The first-order valence-electron chi connectivity index (χ1n) is 9.88. The number of anilines is 1. The molecule has 10 heteroatoms. The largest absolute Gasteiger partial charge is 0.300 e. The number of hydrogen-bond donors (Lipinski definition) is 1. The highest BCUT2D eigenvalue weighted by molar-refractivity contribution is 8.00. The van der Waals surface area contributed by atoms with Crippen molar-refractivity contribution in [3.05, 3.63) is 66.2 Å². The van der Waals surface area contributed by atoms with Crippen LogP contribution in [-0.4, -0.2) is 41.9 Å². The van der Waals surface area contributed by atoms with Crippen LogP contribution < -0.4 is 5.32 Å². The van der Waals surface area contributed by atoms with Gasteiger partial charge in [0.1, 0.15) is 0 Å². The topological polar surface area (TPSA) is 92.3 Å². The minimum atomic E-state index is -3.61. The van der Waals surface area contributed by atoms with Crippen LogP contribution in [0.4, 0.5) is 5.13 Å². The van der Waals surface area contributed by atoms with Crippen molar-refractivity contribution in [3.63, 3.8) is 0 Å². The second-order valence-electron chi connectivity index (χ2n) is 7.15. The zero-order valence-electron chi connectivity index (χ0n) is 16.7. The quantitative estimate of drug-likeness (QED) is 0.413. The van der Waals surface area contributed by atoms with Gasteiger partial charge in [-0.3, -0.25) is 4.79 Å². The number of hydrogen-bond acceptors (Lipinski definition) is 7. The van der Waals surface area contributed by atoms with Gasteiger partial charge in [-0.1, -0.05) is 71.6 Å². The first kappa shape index (κ1) is 21.9. The van der Waals surface area contributed by atoms with Crippen LogP contribution in [0.25, 0.3) is 0 Å². The molecule has 2 heterocycles. The molecule has 1 N–H and O–H groups in total. The van der Waals surface area contributed by atoms with Crippen molar-refractivity contribution in [1.29, 1.82) is 0 Å². The number of nitrogens with one attached hydrogen (secondary N) is 1. The Bertz CT molecular complexity index is 1120. The van der Waals surface area contributed by atoms with Gasteiger partial charge in [0.2, 0.25) is 21.1 Å². The third-order valence-corrected chi connectivity index (χ3v) is 8.90. The van der Waals surface area contributed by atoms with Gasteiger partial charge in [0, 0.05) is 18.8 Å². The molecule has 31 heavy (non-hydrogen) atoms. The molecule has 0 aliphatic carbocycles. The summed E-state index contributed by atoms with van der Waals surface area (Å²) in [7, 11) is -3.61. The van der Waals surface area contributed by atoms with E-state index < -0.39 is 15.9 Å². The van der Waals surface area contributed by atoms with E-state index in [4.69, 9.17) is 0 Å². The van der Waals surface area contributed by atoms with Crippen LogP contribution in [0.2, 0.25) is 0 Å². The minimum absolute atomic E-state index is 0.164. The van der Waals surface area contributed by atoms with Crippen LogP contribution >= 0.6 is 23.1 Å². The number of aromatic nitrogens is 2. The molecule has 1 fully saturated rings. The number of thioether (sulfide) groups is 1. The summed E-state index contributed by atoms with van der Waals surface area (Å²) in [6, 6.07) is 18.4. The van der Waals surface area contributed by atoms with Gasteiger partial charge >= 0.3 is 0 Å². The average Bonchev–Trinajstić information content (AvgIpc) is 3.26. The van der Waals surface area contributed by atoms with Crippen molar-refractivity contribution < 1.29 is 13.2 Å². The Balaban J connectivity index is 1.35. The normalized spacial score (nSPS) is 17.4. The van der Waals surface area contributed by atoms with Gasteiger partial charge in [-0.15, -0.1) is 10.2 Å². The maximum absolute atomic E-state index is 12.9. The van der Waals surface area contributed by atoms with E-state index in [0.29, 0.717) is 24.5 Å². The summed E-state index contributed by atoms with van der Waals surface area (Å²) in [6.07, 6.45) is 1.28. The Morgan fingerprint density at radius 1 is 1.10 bits per heavy atom. The third kappa shape index (κ3) is 5.51. The van der Waals surface area contributed by atoms with Gasteiger partial charge in [-0.05, 0) is 30.5 Å². The van der Waals surface area contributed by atoms with Gasteiger partial charge < -0.3 is 5.32 Å². The standard InChI is InChI=1S/C21H22N4O3S3/c26-19(22-20-23-24-21(30-20)29-15-16-8-3-1-4-9-16)17-10-7-13-25(14-17)31(27,28)18-11-5-2-6-12-18/h1-6,8-9,11-12,17H,7,10,13-15H2,(H,22,23,26). The SMILES string of the molecule is O=C(Nc1nnc(SCc2ccccc2)s1)C1CCCN(S(=O)(=O)c2ccccc2)C1. The van der Waals surface area contributed by atoms with Crippen LogP contribution in [0.15, 0.2) is 69.9 Å². The summed E-state index contributed by atoms with van der Waals surface area (Å²) in [5.74, 6) is 0.138. The molecule has 0 saturated carbocycles. The van der Waals surface area contributed by atoms with E-state index in [1.54, 1.807) is 42.1 Å². The lowest BCUT2D eigenvalue weighted by Crippen LogP contribution is -2.43. The van der Waals surface area contributed by atoms with Crippen molar-refractivity contribution in [1.82, 2.24) is 14.5 Å². The molecule has 1 aromatic heterocycles. The van der Waals surface area contributed by atoms with Gasteiger partial charge in [-0.2, -0.15) is 4.31 Å². The summed E-state index contributed by atoms with van der Waals surface area (Å²) >= 11 is 2.89. The van der Waals surface area contributed by atoms with E-state index in [9.17, 15) is 13.2 Å². The van der Waals surface area contributed by atoms with E-state index in [-0.39, 0.29) is 17.3 Å². The summed E-state index contributed by atoms with van der Waals surface area (Å²) in [6.45, 7) is 0.581. The second-order valence-corrected chi connectivity index (χ2v) is 11.3. The highest BCUT2D eigenvalue weighted by Gasteiger charge is 2.33. The molecule has 0 bridgehead atoms. The second kappa shape index (κ2) is 9.90. The lowest BCUT2D eigenvalue weighted by atomic mass is 9.99. The summed E-state index contributed by atoms with van der Waals surface area (Å²) in [5, 5.41) is 11.4. The van der Waals surface area contributed by atoms with Crippen LogP contribution in [0, 0.1) is 5.92 Å². The third-order valence-electron chi connectivity index (χ3n) is 4.98. The number of carbonyl (C=O) groups excluding carboxylic acids is 1. The lowest BCUT2D eigenvalue weighted by Gasteiger charge is -2.31. The molecule has 1 aliphatic heterocycles. The Labute approximate surface area is 189 Å². The molecular weight excluding hydrogens is 452 g/mol. The number of nitrogens with zero attached hydrogens (tertiary/aromatic N) is 3. The molecule has 4 rings (SSSR count). The first-order chi connectivity index (χ1) is 15.0. The fourth-order valence-electron chi connectivity index (χ4n) is 3.36. The molecular formula is C21H22N4O3S3. The van der Waals surface area contributed by atoms with E-state index in [1.165, 1.54) is 21.2 Å². The lowest BCUT2D eigenvalue weighted by molar-refractivity contribution is -0.120. The van der Waals surface area contributed by atoms with Crippen molar-refractivity contribution in [3.8, 4) is 0 Å². The molecule has 162 valence electrons. The van der Waals surface area contributed by atoms with Crippen molar-refractivity contribution in [2.45, 2.75) is 27.8 Å². The van der Waals surface area contributed by atoms with Gasteiger partial charge in [0.15, 0.2) is 4.34 Å². The highest BCUT2D eigenvalue weighted by Crippen LogP contribution is 2.29. The molecule has 1 aliphatic rings. The predicted molar refractivity (Wildman–Crippen MR) is 122 cm³/mol. The molecule has 0 radical (unpaired) electrons. The van der Waals surface area contributed by atoms with Gasteiger partial charge in [0.05, 0.1) is 10.8 Å². The summed E-state index contributed by atoms with van der Waals surface area (Å²) in [4.78, 5) is 13.0. The highest BCUT2D eigenvalue weighted by atomic mass is 32.2. The monoisotopic (exact) mass is 474 g/mol. The number of piperidine rings is 1. The number of sulfonamides is 1. The average molecular weight is 475 g/mol. The van der Waals surface area contributed by atoms with Crippen LogP contribution in [0.1, 0.15) is 18.4 Å². The molecule has 1 unspecified atom stereocenters. The Morgan fingerprint density at radius 3 is 2.55 bits per heavy atom. The Morgan fingerprint density at radius 2 is 1.81 bits per heavy atom.